The number of thiophene rings is 3. The molecule has 0 N–H and O–H groups in total. The van der Waals surface area contributed by atoms with Gasteiger partial charge >= 0.3 is 0 Å². The minimum absolute atomic E-state index is 0.692. The van der Waals surface area contributed by atoms with E-state index >= 15 is 0 Å². The summed E-state index contributed by atoms with van der Waals surface area (Å²) in [7, 11) is 0. The lowest BCUT2D eigenvalue weighted by atomic mass is 9.93. The standard InChI is InChI=1S/C114H198O6S3/c1-7-13-19-25-31-37-43-49-55-61-67-73-79-85-91-115-103-104(116-92-86-80-74-68-62-56-50-44-38-32-26-20-14-8-2)110-98-97-99-101-102-100(98)112(122-110)107(119-95-89-83-77-71-65-59-53-47-41-35-29-23-17-11-5)108(120-96-90-84-78-72-66-60-54-48-42-36-30-24-18-12-6)114(102)123-113(101)106(118-94-88-82-76-70-64-58-52-46-40-34-28-22-16-10-4)105(111(99)121-109(97)103)117-93-87-81-75-69-63-57-51-45-39-33-27-21-15-9-3/h7-96H2,1-6H3. The Hall–Kier alpha value is -2.88. The van der Waals surface area contributed by atoms with Crippen molar-refractivity contribution in [2.24, 2.45) is 0 Å². The van der Waals surface area contributed by atoms with Gasteiger partial charge in [-0.05, 0) is 38.5 Å². The van der Waals surface area contributed by atoms with Crippen LogP contribution in [0.2, 0.25) is 0 Å². The molecule has 123 heavy (non-hydrogen) atoms. The van der Waals surface area contributed by atoms with Crippen molar-refractivity contribution in [2.45, 2.75) is 581 Å². The van der Waals surface area contributed by atoms with E-state index in [0.29, 0.717) is 39.6 Å². The molecule has 7 rings (SSSR count). The average Bonchev–Trinajstić information content (AvgIpc) is 1.49. The highest BCUT2D eigenvalue weighted by Gasteiger charge is 2.37. The maximum atomic E-state index is 7.56. The minimum atomic E-state index is 0.692. The van der Waals surface area contributed by atoms with E-state index in [0.717, 1.165) is 73.0 Å². The van der Waals surface area contributed by atoms with E-state index in [1.54, 1.807) is 0 Å². The Bertz CT molecular complexity index is 2860. The van der Waals surface area contributed by atoms with Crippen molar-refractivity contribution in [2.75, 3.05) is 39.6 Å². The van der Waals surface area contributed by atoms with Crippen molar-refractivity contribution in [3.05, 3.63) is 0 Å². The van der Waals surface area contributed by atoms with Gasteiger partial charge in [0.05, 0.1) is 67.8 Å². The Morgan fingerprint density at radius 3 is 0.285 bits per heavy atom. The molecule has 0 aliphatic heterocycles. The Morgan fingerprint density at radius 2 is 0.195 bits per heavy atom. The Kier molecular flexibility index (Phi) is 64.2. The third-order valence-electron chi connectivity index (χ3n) is 27.8. The van der Waals surface area contributed by atoms with E-state index < -0.39 is 0 Å². The van der Waals surface area contributed by atoms with E-state index in [2.05, 4.69) is 41.5 Å². The van der Waals surface area contributed by atoms with Crippen LogP contribution in [0.15, 0.2) is 0 Å². The number of benzene rings is 4. The Morgan fingerprint density at radius 1 is 0.114 bits per heavy atom. The maximum absolute atomic E-state index is 7.56. The molecule has 3 heterocycles. The first-order valence-electron chi connectivity index (χ1n) is 55.7. The van der Waals surface area contributed by atoms with E-state index in [-0.39, 0.29) is 0 Å². The van der Waals surface area contributed by atoms with Crippen LogP contribution in [0.25, 0.3) is 60.5 Å². The molecule has 0 saturated carbocycles. The van der Waals surface area contributed by atoms with Gasteiger partial charge in [0.2, 0.25) is 0 Å². The second kappa shape index (κ2) is 73.7. The molecule has 9 heteroatoms. The molecule has 0 radical (unpaired) electrons. The summed E-state index contributed by atoms with van der Waals surface area (Å²) in [6.45, 7) is 18.1. The molecule has 0 bridgehead atoms. The zero-order valence-electron chi connectivity index (χ0n) is 82.3. The highest BCUT2D eigenvalue weighted by atomic mass is 32.1. The molecule has 0 fully saturated rings. The summed E-state index contributed by atoms with van der Waals surface area (Å²) in [5.74, 6) is 5.81. The van der Waals surface area contributed by atoms with Crippen LogP contribution in [-0.2, 0) is 0 Å². The van der Waals surface area contributed by atoms with Crippen LogP contribution in [-0.4, -0.2) is 39.6 Å². The molecular weight excluding hydrogens is 1560 g/mol. The number of ether oxygens (including phenoxy) is 6. The first-order chi connectivity index (χ1) is 61.1. The molecule has 0 aliphatic carbocycles. The zero-order chi connectivity index (χ0) is 86.4. The summed E-state index contributed by atoms with van der Waals surface area (Å²) >= 11 is 5.79. The topological polar surface area (TPSA) is 55.4 Å². The van der Waals surface area contributed by atoms with E-state index in [9.17, 15) is 0 Å². The van der Waals surface area contributed by atoms with Crippen molar-refractivity contribution in [1.82, 2.24) is 0 Å². The van der Waals surface area contributed by atoms with Gasteiger partial charge in [-0.15, -0.1) is 34.0 Å². The minimum Gasteiger partial charge on any atom is -0.488 e. The van der Waals surface area contributed by atoms with Crippen LogP contribution < -0.4 is 28.4 Å². The molecule has 4 aromatic carbocycles. The third-order valence-corrected chi connectivity index (χ3v) is 31.4. The van der Waals surface area contributed by atoms with Gasteiger partial charge in [-0.3, -0.25) is 0 Å². The second-order valence-corrected chi connectivity index (χ2v) is 42.2. The predicted molar refractivity (Wildman–Crippen MR) is 554 cm³/mol. The Balaban J connectivity index is 1.22. The fraction of sp³-hybridized carbons (Fsp3) is 0.842. The zero-order valence-corrected chi connectivity index (χ0v) is 84.8. The molecule has 0 aliphatic rings. The van der Waals surface area contributed by atoms with Crippen molar-refractivity contribution < 1.29 is 28.4 Å². The monoisotopic (exact) mass is 1760 g/mol. The number of hydrogen-bond acceptors (Lipinski definition) is 9. The molecule has 3 aromatic heterocycles. The average molecular weight is 1760 g/mol. The molecule has 0 amide bonds. The summed E-state index contributed by atoms with van der Waals surface area (Å²) < 4.78 is 52.7. The predicted octanol–water partition coefficient (Wildman–Crippen LogP) is 42.3. The third kappa shape index (κ3) is 42.9. The summed E-state index contributed by atoms with van der Waals surface area (Å²) in [4.78, 5) is 0. The van der Waals surface area contributed by atoms with Crippen LogP contribution in [0.3, 0.4) is 0 Å². The quantitative estimate of drug-likeness (QED) is 0.0280. The van der Waals surface area contributed by atoms with Crippen molar-refractivity contribution in [1.29, 1.82) is 0 Å². The lowest BCUT2D eigenvalue weighted by Crippen LogP contribution is -2.04. The highest BCUT2D eigenvalue weighted by Crippen LogP contribution is 2.67. The van der Waals surface area contributed by atoms with Crippen molar-refractivity contribution in [3.63, 3.8) is 0 Å². The molecular formula is C114H198O6S3. The number of hydrogen-bond donors (Lipinski definition) is 0. The van der Waals surface area contributed by atoms with Gasteiger partial charge < -0.3 is 28.4 Å². The van der Waals surface area contributed by atoms with Gasteiger partial charge in [0.25, 0.3) is 0 Å². The Labute approximate surface area is 772 Å². The molecule has 7 aromatic rings. The van der Waals surface area contributed by atoms with Crippen molar-refractivity contribution >= 4 is 94.5 Å². The van der Waals surface area contributed by atoms with Crippen molar-refractivity contribution in [3.8, 4) is 34.5 Å². The fourth-order valence-electron chi connectivity index (χ4n) is 19.9. The van der Waals surface area contributed by atoms with Crippen LogP contribution in [0.1, 0.15) is 581 Å². The van der Waals surface area contributed by atoms with E-state index in [1.807, 2.05) is 34.0 Å². The number of unbranched alkanes of at least 4 members (excludes halogenated alkanes) is 78. The van der Waals surface area contributed by atoms with Gasteiger partial charge in [0.1, 0.15) is 0 Å². The lowest BCUT2D eigenvalue weighted by molar-refractivity contribution is 0.264. The summed E-state index contributed by atoms with van der Waals surface area (Å²) in [5, 5.41) is 8.10. The summed E-state index contributed by atoms with van der Waals surface area (Å²) in [6, 6.07) is 0. The van der Waals surface area contributed by atoms with Crippen LogP contribution in [0, 0.1) is 0 Å². The molecule has 0 spiro atoms. The normalized spacial score (nSPS) is 12.1. The molecule has 708 valence electrons. The maximum Gasteiger partial charge on any atom is 0.180 e. The smallest absolute Gasteiger partial charge is 0.180 e. The first kappa shape index (κ1) is 107. The van der Waals surface area contributed by atoms with Gasteiger partial charge in [0.15, 0.2) is 34.5 Å². The second-order valence-electron chi connectivity index (χ2n) is 39.2. The summed E-state index contributed by atoms with van der Waals surface area (Å²) in [6.07, 6.45) is 113. The molecule has 0 saturated heterocycles. The molecule has 0 atom stereocenters. The van der Waals surface area contributed by atoms with E-state index in [4.69, 9.17) is 28.4 Å². The lowest BCUT2D eigenvalue weighted by Gasteiger charge is -2.18. The van der Waals surface area contributed by atoms with Gasteiger partial charge in [-0.1, -0.05) is 542 Å². The van der Waals surface area contributed by atoms with Crippen LogP contribution >= 0.6 is 34.0 Å². The first-order valence-corrected chi connectivity index (χ1v) is 58.1. The fourth-order valence-corrected chi connectivity index (χ4v) is 23.8. The van der Waals surface area contributed by atoms with E-state index in [1.165, 1.54) is 561 Å². The van der Waals surface area contributed by atoms with Crippen LogP contribution in [0.4, 0.5) is 0 Å². The van der Waals surface area contributed by atoms with Gasteiger partial charge in [-0.25, -0.2) is 0 Å². The highest BCUT2D eigenvalue weighted by molar-refractivity contribution is 7.31. The summed E-state index contributed by atoms with van der Waals surface area (Å²) in [5.41, 5.74) is 0. The van der Waals surface area contributed by atoms with Crippen LogP contribution in [0.5, 0.6) is 34.5 Å². The van der Waals surface area contributed by atoms with Gasteiger partial charge in [0, 0.05) is 32.3 Å². The largest absolute Gasteiger partial charge is 0.488 e. The number of rotatable bonds is 96. The molecule has 0 unspecified atom stereocenters. The van der Waals surface area contributed by atoms with Gasteiger partial charge in [-0.2, -0.15) is 0 Å². The molecule has 6 nitrogen and oxygen atoms in total. The SMILES string of the molecule is CCCCCCCCCCCCCCCCOc1c(OCCCCCCCCCCCCCCCC)c2sc3c(OCCCCCCCCCCCCCCCC)c(OCCCCCCCCCCCCCCCC)c4sc5c(OCCCCCCCCCCCCCCCC)c(OCCCCCCCCCCCCCCCC)c6sc1c1c2c3c4c5c61.